The summed E-state index contributed by atoms with van der Waals surface area (Å²) in [6, 6.07) is 15.3. The lowest BCUT2D eigenvalue weighted by Gasteiger charge is -2.29. The summed E-state index contributed by atoms with van der Waals surface area (Å²) in [5, 5.41) is 5.84. The normalized spacial score (nSPS) is 16.9. The maximum absolute atomic E-state index is 12.8. The van der Waals surface area contributed by atoms with Gasteiger partial charge < -0.3 is 19.5 Å². The Kier molecular flexibility index (Phi) is 8.68. The lowest BCUT2D eigenvalue weighted by molar-refractivity contribution is -0.136. The number of unbranched alkanes of at least 4 members (excludes halogenated alkanes) is 3. The van der Waals surface area contributed by atoms with Crippen molar-refractivity contribution in [2.45, 2.75) is 64.2 Å². The summed E-state index contributed by atoms with van der Waals surface area (Å²) in [7, 11) is 0. The number of ether oxygens (including phenoxy) is 1. The molecule has 9 nitrogen and oxygen atoms in total. The Morgan fingerprint density at radius 3 is 2.72 bits per heavy atom. The monoisotopic (exact) mass is 529 g/mol. The molecule has 1 aromatic heterocycles. The minimum absolute atomic E-state index is 0.167. The fraction of sp³-hybridized carbons (Fsp3) is 0.400. The molecule has 1 unspecified atom stereocenters. The third kappa shape index (κ3) is 6.72. The van der Waals surface area contributed by atoms with Crippen LogP contribution < -0.4 is 15.4 Å². The number of nitrogens with one attached hydrogen (secondary N) is 2. The van der Waals surface area contributed by atoms with Gasteiger partial charge in [0.1, 0.15) is 17.6 Å². The van der Waals surface area contributed by atoms with Crippen molar-refractivity contribution in [3.63, 3.8) is 0 Å². The number of hydrogen-bond donors (Lipinski definition) is 2. The molecule has 2 aliphatic rings. The highest BCUT2D eigenvalue weighted by Gasteiger charge is 2.39. The highest BCUT2D eigenvalue weighted by Crippen LogP contribution is 2.30. The van der Waals surface area contributed by atoms with Gasteiger partial charge in [-0.3, -0.25) is 19.7 Å². The molecule has 1 atom stereocenters. The minimum atomic E-state index is -0.600. The number of rotatable bonds is 13. The smallest absolute Gasteiger partial charge is 0.255 e. The van der Waals surface area contributed by atoms with Gasteiger partial charge in [0.2, 0.25) is 11.8 Å². The summed E-state index contributed by atoms with van der Waals surface area (Å²) in [6.07, 6.45) is 8.75. The lowest BCUT2D eigenvalue weighted by atomic mass is 10.0. The van der Waals surface area contributed by atoms with E-state index >= 15 is 0 Å². The second kappa shape index (κ2) is 12.7. The van der Waals surface area contributed by atoms with Gasteiger partial charge in [0, 0.05) is 37.5 Å². The maximum Gasteiger partial charge on any atom is 0.255 e. The molecule has 2 N–H and O–H groups in total. The molecule has 204 valence electrons. The molecule has 3 heterocycles. The topological polar surface area (TPSA) is 106 Å². The van der Waals surface area contributed by atoms with Crippen molar-refractivity contribution in [2.75, 3.05) is 13.2 Å². The molecule has 2 aromatic carbocycles. The van der Waals surface area contributed by atoms with E-state index in [0.29, 0.717) is 25.1 Å². The van der Waals surface area contributed by atoms with E-state index < -0.39 is 11.9 Å². The average molecular weight is 530 g/mol. The molecule has 0 radical (unpaired) electrons. The molecule has 1 saturated heterocycles. The van der Waals surface area contributed by atoms with Crippen molar-refractivity contribution in [1.82, 2.24) is 25.1 Å². The Balaban J connectivity index is 0.966. The minimum Gasteiger partial charge on any atom is -0.494 e. The summed E-state index contributed by atoms with van der Waals surface area (Å²) >= 11 is 0. The maximum atomic E-state index is 12.8. The Bertz CT molecular complexity index is 1310. The van der Waals surface area contributed by atoms with E-state index in [9.17, 15) is 14.4 Å². The first-order valence-corrected chi connectivity index (χ1v) is 13.7. The number of amides is 3. The van der Waals surface area contributed by atoms with Crippen molar-refractivity contribution in [3.8, 4) is 5.75 Å². The van der Waals surface area contributed by atoms with Crippen LogP contribution in [0.3, 0.4) is 0 Å². The van der Waals surface area contributed by atoms with Gasteiger partial charge in [0.05, 0.1) is 13.2 Å². The van der Waals surface area contributed by atoms with E-state index in [1.807, 2.05) is 30.6 Å². The fourth-order valence-corrected chi connectivity index (χ4v) is 5.17. The third-order valence-corrected chi connectivity index (χ3v) is 7.29. The Morgan fingerprint density at radius 1 is 1.03 bits per heavy atom. The molecule has 0 saturated carbocycles. The molecule has 9 heteroatoms. The van der Waals surface area contributed by atoms with E-state index in [1.54, 1.807) is 11.0 Å². The Labute approximate surface area is 228 Å². The first-order chi connectivity index (χ1) is 19.1. The van der Waals surface area contributed by atoms with Crippen LogP contribution >= 0.6 is 0 Å². The second-order valence-electron chi connectivity index (χ2n) is 10.1. The molecule has 1 fully saturated rings. The number of benzene rings is 2. The predicted octanol–water partition coefficient (Wildman–Crippen LogP) is 3.42. The van der Waals surface area contributed by atoms with Crippen molar-refractivity contribution in [2.24, 2.45) is 0 Å². The Morgan fingerprint density at radius 2 is 1.87 bits per heavy atom. The standard InChI is InChI=1S/C30H35N5O4/c36-28-13-12-26(29(37)33-28)35-21-23-18-24(10-11-25(23)30(35)38)39-17-7-2-1-6-14-31-19-27-32-15-16-34(27)20-22-8-4-3-5-9-22/h3-5,8-11,15-16,18,26,31H,1-2,6-7,12-14,17,19-21H2,(H,33,36,37). The average Bonchev–Trinajstić information content (AvgIpc) is 3.51. The van der Waals surface area contributed by atoms with Crippen molar-refractivity contribution in [3.05, 3.63) is 83.4 Å². The number of nitrogens with zero attached hydrogens (tertiary/aromatic N) is 3. The van der Waals surface area contributed by atoms with Crippen LogP contribution in [-0.2, 0) is 29.2 Å². The van der Waals surface area contributed by atoms with Crippen LogP contribution in [0.15, 0.2) is 60.9 Å². The number of carbonyl (C=O) groups excluding carboxylic acids is 3. The van der Waals surface area contributed by atoms with E-state index in [2.05, 4.69) is 44.5 Å². The fourth-order valence-electron chi connectivity index (χ4n) is 5.17. The number of carbonyl (C=O) groups is 3. The van der Waals surface area contributed by atoms with E-state index in [1.165, 1.54) is 5.56 Å². The van der Waals surface area contributed by atoms with Gasteiger partial charge in [0.15, 0.2) is 0 Å². The van der Waals surface area contributed by atoms with Crippen molar-refractivity contribution < 1.29 is 19.1 Å². The summed E-state index contributed by atoms with van der Waals surface area (Å²) in [6.45, 7) is 3.51. The van der Waals surface area contributed by atoms with Gasteiger partial charge in [-0.05, 0) is 55.1 Å². The molecule has 3 aromatic rings. The SMILES string of the molecule is O=C1CCC(N2Cc3cc(OCCCCCCNCc4nccn4Cc4ccccc4)ccc3C2=O)C(=O)N1. The van der Waals surface area contributed by atoms with Gasteiger partial charge in [-0.25, -0.2) is 4.98 Å². The van der Waals surface area contributed by atoms with Crippen LogP contribution in [0.5, 0.6) is 5.75 Å². The largest absolute Gasteiger partial charge is 0.494 e. The third-order valence-electron chi connectivity index (χ3n) is 7.29. The second-order valence-corrected chi connectivity index (χ2v) is 10.1. The zero-order valence-corrected chi connectivity index (χ0v) is 22.1. The van der Waals surface area contributed by atoms with E-state index in [-0.39, 0.29) is 18.2 Å². The van der Waals surface area contributed by atoms with Gasteiger partial charge in [0.25, 0.3) is 5.91 Å². The first-order valence-electron chi connectivity index (χ1n) is 13.7. The molecule has 5 rings (SSSR count). The van der Waals surface area contributed by atoms with E-state index in [4.69, 9.17) is 4.74 Å². The molecule has 39 heavy (non-hydrogen) atoms. The van der Waals surface area contributed by atoms with Gasteiger partial charge in [-0.2, -0.15) is 0 Å². The summed E-state index contributed by atoms with van der Waals surface area (Å²) < 4.78 is 8.12. The molecule has 0 aliphatic carbocycles. The summed E-state index contributed by atoms with van der Waals surface area (Å²) in [5.41, 5.74) is 2.72. The number of aromatic nitrogens is 2. The predicted molar refractivity (Wildman–Crippen MR) is 146 cm³/mol. The Hall–Kier alpha value is -3.98. The van der Waals surface area contributed by atoms with Crippen LogP contribution in [0.4, 0.5) is 0 Å². The molecule has 3 amide bonds. The number of piperidine rings is 1. The highest BCUT2D eigenvalue weighted by molar-refractivity contribution is 6.05. The van der Waals surface area contributed by atoms with Crippen molar-refractivity contribution >= 4 is 17.7 Å². The van der Waals surface area contributed by atoms with Crippen LogP contribution in [0.2, 0.25) is 0 Å². The van der Waals surface area contributed by atoms with Gasteiger partial charge in [-0.15, -0.1) is 0 Å². The molecular weight excluding hydrogens is 494 g/mol. The molecule has 0 bridgehead atoms. The van der Waals surface area contributed by atoms with Crippen LogP contribution in [-0.4, -0.2) is 51.4 Å². The van der Waals surface area contributed by atoms with Crippen molar-refractivity contribution in [1.29, 1.82) is 0 Å². The van der Waals surface area contributed by atoms with Crippen LogP contribution in [0, 0.1) is 0 Å². The van der Waals surface area contributed by atoms with Crippen LogP contribution in [0.25, 0.3) is 0 Å². The van der Waals surface area contributed by atoms with Gasteiger partial charge in [-0.1, -0.05) is 43.2 Å². The zero-order valence-electron chi connectivity index (χ0n) is 22.1. The first kappa shape index (κ1) is 26.6. The number of hydrogen-bond acceptors (Lipinski definition) is 6. The molecular formula is C30H35N5O4. The lowest BCUT2D eigenvalue weighted by Crippen LogP contribution is -2.52. The van der Waals surface area contributed by atoms with Gasteiger partial charge >= 0.3 is 0 Å². The molecule has 0 spiro atoms. The number of imide groups is 1. The summed E-state index contributed by atoms with van der Waals surface area (Å²) in [4.78, 5) is 42.5. The zero-order chi connectivity index (χ0) is 27.0. The number of fused-ring (bicyclic) bond motifs is 1. The quantitative estimate of drug-likeness (QED) is 0.260. The number of imidazole rings is 1. The van der Waals surface area contributed by atoms with Crippen LogP contribution in [0.1, 0.15) is 65.8 Å². The summed E-state index contributed by atoms with van der Waals surface area (Å²) in [5.74, 6) is 0.936. The molecule has 2 aliphatic heterocycles. The highest BCUT2D eigenvalue weighted by atomic mass is 16.5. The van der Waals surface area contributed by atoms with E-state index in [0.717, 1.165) is 62.5 Å².